The van der Waals surface area contributed by atoms with Crippen LogP contribution >= 0.6 is 0 Å². The monoisotopic (exact) mass is 813 g/mol. The van der Waals surface area contributed by atoms with Gasteiger partial charge in [0.1, 0.15) is 0 Å². The Morgan fingerprint density at radius 3 is 1.56 bits per heavy atom. The largest absolute Gasteiger partial charge is 0.310 e. The Morgan fingerprint density at radius 1 is 0.381 bits per heavy atom. The van der Waals surface area contributed by atoms with Crippen LogP contribution < -0.4 is 4.90 Å². The maximum absolute atomic E-state index is 2.43. The lowest BCUT2D eigenvalue weighted by atomic mass is 9.74. The van der Waals surface area contributed by atoms with E-state index in [0.29, 0.717) is 0 Å². The minimum absolute atomic E-state index is 0.00948. The number of hydrogen-bond acceptors (Lipinski definition) is 1. The third-order valence-electron chi connectivity index (χ3n) is 13.5. The highest BCUT2D eigenvalue weighted by Gasteiger charge is 2.41. The third-order valence-corrected chi connectivity index (χ3v) is 13.5. The van der Waals surface area contributed by atoms with Gasteiger partial charge in [0, 0.05) is 22.4 Å². The van der Waals surface area contributed by atoms with Crippen LogP contribution in [0.15, 0.2) is 206 Å². The predicted molar refractivity (Wildman–Crippen MR) is 270 cm³/mol. The Kier molecular flexibility index (Phi) is 9.83. The van der Waals surface area contributed by atoms with E-state index in [1.54, 1.807) is 0 Å². The second-order valence-corrected chi connectivity index (χ2v) is 19.5. The van der Waals surface area contributed by atoms with Gasteiger partial charge in [0.05, 0.1) is 5.69 Å². The molecule has 0 heterocycles. The summed E-state index contributed by atoms with van der Waals surface area (Å²) in [5.41, 5.74) is 19.9. The lowest BCUT2D eigenvalue weighted by Gasteiger charge is -2.29. The molecule has 9 aromatic rings. The Bertz CT molecular complexity index is 3090. The molecular weight excluding hydrogens is 759 g/mol. The quantitative estimate of drug-likeness (QED) is 0.155. The normalized spacial score (nSPS) is 14.7. The van der Waals surface area contributed by atoms with E-state index < -0.39 is 0 Å². The summed E-state index contributed by atoms with van der Waals surface area (Å²) in [6, 6.07) is 76.7. The lowest BCUT2D eigenvalue weighted by molar-refractivity contribution is 0.569. The first kappa shape index (κ1) is 40.1. The van der Waals surface area contributed by atoms with E-state index in [1.165, 1.54) is 83.1 Å². The van der Waals surface area contributed by atoms with Gasteiger partial charge >= 0.3 is 0 Å². The highest BCUT2D eigenvalue weighted by molar-refractivity contribution is 6.09. The molecule has 0 aromatic heterocycles. The van der Waals surface area contributed by atoms with E-state index in [4.69, 9.17) is 0 Å². The molecule has 1 unspecified atom stereocenters. The molecule has 63 heavy (non-hydrogen) atoms. The Hall–Kier alpha value is -6.96. The maximum Gasteiger partial charge on any atom is 0.0540 e. The Morgan fingerprint density at radius 2 is 0.889 bits per heavy atom. The van der Waals surface area contributed by atoms with Crippen LogP contribution in [0.2, 0.25) is 0 Å². The third kappa shape index (κ3) is 6.97. The molecule has 1 aliphatic rings. The zero-order valence-corrected chi connectivity index (χ0v) is 37.6. The molecule has 0 bridgehead atoms. The van der Waals surface area contributed by atoms with Crippen LogP contribution in [-0.4, -0.2) is 0 Å². The lowest BCUT2D eigenvalue weighted by Crippen LogP contribution is -2.22. The Labute approximate surface area is 374 Å². The molecule has 0 N–H and O–H groups in total. The van der Waals surface area contributed by atoms with Crippen molar-refractivity contribution >= 4 is 27.8 Å². The molecule has 1 aliphatic carbocycles. The van der Waals surface area contributed by atoms with E-state index in [2.05, 4.69) is 260 Å². The van der Waals surface area contributed by atoms with Gasteiger partial charge in [-0.25, -0.2) is 0 Å². The first-order valence-corrected chi connectivity index (χ1v) is 22.4. The fourth-order valence-electron chi connectivity index (χ4n) is 10.0. The van der Waals surface area contributed by atoms with Gasteiger partial charge in [0.15, 0.2) is 0 Å². The van der Waals surface area contributed by atoms with Crippen LogP contribution in [0.4, 0.5) is 17.1 Å². The highest BCUT2D eigenvalue weighted by Crippen LogP contribution is 2.55. The average Bonchev–Trinajstić information content (AvgIpc) is 3.58. The molecule has 10 rings (SSSR count). The zero-order valence-electron chi connectivity index (χ0n) is 37.6. The van der Waals surface area contributed by atoms with Crippen molar-refractivity contribution in [2.75, 3.05) is 4.90 Å². The van der Waals surface area contributed by atoms with Gasteiger partial charge in [-0.15, -0.1) is 0 Å². The van der Waals surface area contributed by atoms with E-state index in [1.807, 2.05) is 0 Å². The molecule has 308 valence electrons. The standard InChI is InChI=1S/C62H55N/c1-60(2,3)46-39-44(40-47(41-46)61(4,5)6)51-29-18-21-43-22-19-31-53(58(43)51)52-27-15-17-34-57(52)63(48-25-12-9-13-26-48)49-37-35-42(36-38-49)50-30-20-33-56-59(50)54-28-14-16-32-55(54)62(56,7)45-23-10-8-11-24-45/h8-41H,1-7H3. The molecule has 0 amide bonds. The van der Waals surface area contributed by atoms with Crippen LogP contribution in [0.1, 0.15) is 76.3 Å². The smallest absolute Gasteiger partial charge is 0.0540 e. The molecule has 9 aromatic carbocycles. The van der Waals surface area contributed by atoms with Crippen molar-refractivity contribution in [2.24, 2.45) is 0 Å². The second-order valence-electron chi connectivity index (χ2n) is 19.5. The van der Waals surface area contributed by atoms with Crippen molar-refractivity contribution in [2.45, 2.75) is 64.7 Å². The summed E-state index contributed by atoms with van der Waals surface area (Å²) >= 11 is 0. The van der Waals surface area contributed by atoms with Crippen molar-refractivity contribution in [3.8, 4) is 44.5 Å². The van der Waals surface area contributed by atoms with E-state index in [9.17, 15) is 0 Å². The summed E-state index contributed by atoms with van der Waals surface area (Å²) in [6.07, 6.45) is 0. The molecule has 1 nitrogen and oxygen atoms in total. The molecule has 0 spiro atoms. The van der Waals surface area contributed by atoms with Crippen molar-refractivity contribution in [1.29, 1.82) is 0 Å². The number of benzene rings is 9. The van der Waals surface area contributed by atoms with Gasteiger partial charge in [-0.3, -0.25) is 0 Å². The van der Waals surface area contributed by atoms with Crippen molar-refractivity contribution < 1.29 is 0 Å². The van der Waals surface area contributed by atoms with Crippen molar-refractivity contribution in [3.05, 3.63) is 234 Å². The fraction of sp³-hybridized carbons (Fsp3) is 0.161. The van der Waals surface area contributed by atoms with Crippen LogP contribution in [-0.2, 0) is 16.2 Å². The highest BCUT2D eigenvalue weighted by atomic mass is 15.1. The van der Waals surface area contributed by atoms with E-state index in [-0.39, 0.29) is 16.2 Å². The van der Waals surface area contributed by atoms with Gasteiger partial charge < -0.3 is 4.90 Å². The van der Waals surface area contributed by atoms with E-state index >= 15 is 0 Å². The topological polar surface area (TPSA) is 3.24 Å². The zero-order chi connectivity index (χ0) is 43.5. The molecule has 0 saturated carbocycles. The van der Waals surface area contributed by atoms with Gasteiger partial charge in [0.25, 0.3) is 0 Å². The first-order valence-electron chi connectivity index (χ1n) is 22.4. The molecule has 1 atom stereocenters. The van der Waals surface area contributed by atoms with Crippen LogP contribution in [0, 0.1) is 0 Å². The summed E-state index contributed by atoms with van der Waals surface area (Å²) in [5.74, 6) is 0. The van der Waals surface area contributed by atoms with Crippen LogP contribution in [0.3, 0.4) is 0 Å². The first-order chi connectivity index (χ1) is 30.4. The summed E-state index contributed by atoms with van der Waals surface area (Å²) in [4.78, 5) is 2.43. The maximum atomic E-state index is 2.43. The van der Waals surface area contributed by atoms with Gasteiger partial charge in [-0.05, 0) is 126 Å². The summed E-state index contributed by atoms with van der Waals surface area (Å²) in [6.45, 7) is 16.3. The summed E-state index contributed by atoms with van der Waals surface area (Å²) < 4.78 is 0. The van der Waals surface area contributed by atoms with Gasteiger partial charge in [0.2, 0.25) is 0 Å². The number of fused-ring (bicyclic) bond motifs is 4. The fourth-order valence-corrected chi connectivity index (χ4v) is 10.0. The number of hydrogen-bond donors (Lipinski definition) is 0. The van der Waals surface area contributed by atoms with Gasteiger partial charge in [-0.1, -0.05) is 217 Å². The number of nitrogens with zero attached hydrogens (tertiary/aromatic N) is 1. The van der Waals surface area contributed by atoms with Crippen molar-refractivity contribution in [3.63, 3.8) is 0 Å². The molecule has 1 heteroatoms. The molecule has 0 saturated heterocycles. The summed E-state index contributed by atoms with van der Waals surface area (Å²) in [7, 11) is 0. The minimum Gasteiger partial charge on any atom is -0.310 e. The number of anilines is 3. The van der Waals surface area contributed by atoms with Crippen LogP contribution in [0.25, 0.3) is 55.3 Å². The average molecular weight is 814 g/mol. The number of para-hydroxylation sites is 2. The van der Waals surface area contributed by atoms with Gasteiger partial charge in [-0.2, -0.15) is 0 Å². The number of rotatable bonds is 7. The SMILES string of the molecule is CC(C)(C)c1cc(-c2cccc3cccc(-c4ccccc4N(c4ccccc4)c4ccc(-c5cccc6c5-c5ccccc5C6(C)c5ccccc5)cc4)c23)cc(C(C)(C)C)c1. The molecular formula is C62H55N. The predicted octanol–water partition coefficient (Wildman–Crippen LogP) is 17.2. The molecule has 0 aliphatic heterocycles. The minimum atomic E-state index is -0.247. The van der Waals surface area contributed by atoms with E-state index in [0.717, 1.165) is 17.1 Å². The van der Waals surface area contributed by atoms with Crippen molar-refractivity contribution in [1.82, 2.24) is 0 Å². The second kappa shape index (κ2) is 15.4. The Balaban J connectivity index is 1.12. The van der Waals surface area contributed by atoms with Crippen LogP contribution in [0.5, 0.6) is 0 Å². The molecule has 0 fully saturated rings. The molecule has 0 radical (unpaired) electrons. The summed E-state index contributed by atoms with van der Waals surface area (Å²) in [5, 5.41) is 2.50.